The van der Waals surface area contributed by atoms with Crippen LogP contribution in [0.3, 0.4) is 0 Å². The van der Waals surface area contributed by atoms with E-state index in [1.54, 1.807) is 6.20 Å². The number of halogens is 2. The average molecular weight is 355 g/mol. The number of anilines is 2. The molecule has 0 saturated heterocycles. The number of aromatic nitrogens is 1. The summed E-state index contributed by atoms with van der Waals surface area (Å²) in [5, 5.41) is 0.625. The van der Waals surface area contributed by atoms with Crippen molar-refractivity contribution in [2.45, 2.75) is 13.3 Å². The molecule has 0 aliphatic heterocycles. The zero-order valence-electron chi connectivity index (χ0n) is 11.3. The molecule has 2 rings (SSSR count). The molecule has 20 heavy (non-hydrogen) atoms. The Labute approximate surface area is 132 Å². The maximum atomic E-state index is 6.34. The predicted molar refractivity (Wildman–Crippen MR) is 88.8 cm³/mol. The first-order valence-electron chi connectivity index (χ1n) is 6.47. The number of aryl methyl sites for hydroxylation is 1. The lowest BCUT2D eigenvalue weighted by Crippen LogP contribution is -2.23. The lowest BCUT2D eigenvalue weighted by molar-refractivity contribution is 0.808. The van der Waals surface area contributed by atoms with Gasteiger partial charge in [-0.25, -0.2) is 4.98 Å². The molecule has 0 radical (unpaired) electrons. The van der Waals surface area contributed by atoms with Crippen molar-refractivity contribution in [2.24, 2.45) is 5.73 Å². The van der Waals surface area contributed by atoms with Crippen molar-refractivity contribution in [3.8, 4) is 0 Å². The van der Waals surface area contributed by atoms with Crippen LogP contribution in [-0.4, -0.2) is 18.1 Å². The van der Waals surface area contributed by atoms with E-state index in [0.29, 0.717) is 11.6 Å². The SMILES string of the molecule is Cc1ccccc1N(CCCN)c1ncc(Br)cc1Cl. The molecule has 0 bridgehead atoms. The van der Waals surface area contributed by atoms with Gasteiger partial charge in [-0.1, -0.05) is 29.8 Å². The largest absolute Gasteiger partial charge is 0.330 e. The Morgan fingerprint density at radius 1 is 1.35 bits per heavy atom. The molecule has 0 spiro atoms. The Balaban J connectivity index is 2.44. The Hall–Kier alpha value is -1.10. The number of pyridine rings is 1. The van der Waals surface area contributed by atoms with Gasteiger partial charge in [-0.05, 0) is 53.5 Å². The fourth-order valence-electron chi connectivity index (χ4n) is 2.06. The van der Waals surface area contributed by atoms with Crippen LogP contribution >= 0.6 is 27.5 Å². The Morgan fingerprint density at radius 2 is 2.10 bits per heavy atom. The summed E-state index contributed by atoms with van der Waals surface area (Å²) in [6.07, 6.45) is 2.64. The van der Waals surface area contributed by atoms with Crippen molar-refractivity contribution in [3.05, 3.63) is 51.6 Å². The van der Waals surface area contributed by atoms with Gasteiger partial charge in [0.05, 0.1) is 5.02 Å². The van der Waals surface area contributed by atoms with Gasteiger partial charge in [0.2, 0.25) is 0 Å². The zero-order valence-corrected chi connectivity index (χ0v) is 13.7. The highest BCUT2D eigenvalue weighted by atomic mass is 79.9. The Kier molecular flexibility index (Phi) is 5.40. The van der Waals surface area contributed by atoms with Crippen molar-refractivity contribution in [1.29, 1.82) is 0 Å². The molecule has 5 heteroatoms. The second-order valence-electron chi connectivity index (χ2n) is 4.54. The second-order valence-corrected chi connectivity index (χ2v) is 5.86. The molecule has 3 nitrogen and oxygen atoms in total. The van der Waals surface area contributed by atoms with Gasteiger partial charge in [0.25, 0.3) is 0 Å². The highest BCUT2D eigenvalue weighted by molar-refractivity contribution is 9.10. The molecule has 1 heterocycles. The Bertz CT molecular complexity index is 589. The molecule has 0 fully saturated rings. The van der Waals surface area contributed by atoms with Crippen LogP contribution in [0.4, 0.5) is 11.5 Å². The molecule has 0 saturated carbocycles. The van der Waals surface area contributed by atoms with Crippen molar-refractivity contribution in [3.63, 3.8) is 0 Å². The third-order valence-electron chi connectivity index (χ3n) is 3.04. The fourth-order valence-corrected chi connectivity index (χ4v) is 2.79. The third-order valence-corrected chi connectivity index (χ3v) is 3.75. The molecule has 0 amide bonds. The topological polar surface area (TPSA) is 42.1 Å². The molecule has 1 aromatic carbocycles. The third kappa shape index (κ3) is 3.51. The minimum Gasteiger partial charge on any atom is -0.330 e. The highest BCUT2D eigenvalue weighted by Gasteiger charge is 2.15. The van der Waals surface area contributed by atoms with E-state index in [9.17, 15) is 0 Å². The maximum Gasteiger partial charge on any atom is 0.151 e. The molecule has 106 valence electrons. The first-order valence-corrected chi connectivity index (χ1v) is 7.65. The standard InChI is InChI=1S/C15H17BrClN3/c1-11-5-2-3-6-14(11)20(8-4-7-18)15-13(17)9-12(16)10-19-15/h2-3,5-6,9-10H,4,7-8,18H2,1H3. The number of para-hydroxylation sites is 1. The summed E-state index contributed by atoms with van der Waals surface area (Å²) in [4.78, 5) is 6.58. The van der Waals surface area contributed by atoms with E-state index in [-0.39, 0.29) is 0 Å². The van der Waals surface area contributed by atoms with E-state index in [1.165, 1.54) is 5.56 Å². The number of hydrogen-bond acceptors (Lipinski definition) is 3. The van der Waals surface area contributed by atoms with Gasteiger partial charge in [-0.15, -0.1) is 0 Å². The quantitative estimate of drug-likeness (QED) is 0.871. The second kappa shape index (κ2) is 7.07. The molecular formula is C15H17BrClN3. The first kappa shape index (κ1) is 15.3. The molecule has 0 aliphatic rings. The van der Waals surface area contributed by atoms with Crippen LogP contribution < -0.4 is 10.6 Å². The highest BCUT2D eigenvalue weighted by Crippen LogP contribution is 2.33. The van der Waals surface area contributed by atoms with Gasteiger partial charge in [0, 0.05) is 22.9 Å². The van der Waals surface area contributed by atoms with E-state index in [4.69, 9.17) is 17.3 Å². The average Bonchev–Trinajstić information content (AvgIpc) is 2.42. The van der Waals surface area contributed by atoms with Gasteiger partial charge in [0.1, 0.15) is 0 Å². The predicted octanol–water partition coefficient (Wildman–Crippen LogP) is 4.29. The molecule has 0 aliphatic carbocycles. The summed E-state index contributed by atoms with van der Waals surface area (Å²) in [7, 11) is 0. The molecule has 1 aromatic heterocycles. The number of hydrogen-bond donors (Lipinski definition) is 1. The van der Waals surface area contributed by atoms with Crippen molar-refractivity contribution >= 4 is 39.0 Å². The van der Waals surface area contributed by atoms with E-state index in [0.717, 1.165) is 28.9 Å². The fraction of sp³-hybridized carbons (Fsp3) is 0.267. The van der Waals surface area contributed by atoms with Crippen LogP contribution in [-0.2, 0) is 0 Å². The van der Waals surface area contributed by atoms with Crippen molar-refractivity contribution < 1.29 is 0 Å². The van der Waals surface area contributed by atoms with Crippen LogP contribution in [0.25, 0.3) is 0 Å². The van der Waals surface area contributed by atoms with Gasteiger partial charge in [-0.2, -0.15) is 0 Å². The van der Waals surface area contributed by atoms with Crippen molar-refractivity contribution in [1.82, 2.24) is 4.98 Å². The smallest absolute Gasteiger partial charge is 0.151 e. The van der Waals surface area contributed by atoms with Gasteiger partial charge >= 0.3 is 0 Å². The lowest BCUT2D eigenvalue weighted by atomic mass is 10.1. The number of nitrogens with zero attached hydrogens (tertiary/aromatic N) is 2. The number of benzene rings is 1. The van der Waals surface area contributed by atoms with E-state index in [1.807, 2.05) is 18.2 Å². The van der Waals surface area contributed by atoms with Gasteiger partial charge < -0.3 is 10.6 Å². The summed E-state index contributed by atoms with van der Waals surface area (Å²) in [6, 6.07) is 10.1. The van der Waals surface area contributed by atoms with Gasteiger partial charge in [0.15, 0.2) is 5.82 Å². The molecule has 0 unspecified atom stereocenters. The minimum absolute atomic E-state index is 0.625. The number of nitrogens with two attached hydrogens (primary N) is 1. The summed E-state index contributed by atoms with van der Waals surface area (Å²) in [5.41, 5.74) is 7.94. The van der Waals surface area contributed by atoms with Crippen LogP contribution in [0.5, 0.6) is 0 Å². The normalized spacial score (nSPS) is 10.6. The van der Waals surface area contributed by atoms with E-state index >= 15 is 0 Å². The van der Waals surface area contributed by atoms with Crippen molar-refractivity contribution in [2.75, 3.05) is 18.0 Å². The summed E-state index contributed by atoms with van der Waals surface area (Å²) in [6.45, 7) is 3.50. The monoisotopic (exact) mass is 353 g/mol. The van der Waals surface area contributed by atoms with Crippen LogP contribution in [0.2, 0.25) is 5.02 Å². The molecule has 2 N–H and O–H groups in total. The Morgan fingerprint density at radius 3 is 2.75 bits per heavy atom. The van der Waals surface area contributed by atoms with E-state index < -0.39 is 0 Å². The number of rotatable bonds is 5. The summed E-state index contributed by atoms with van der Waals surface area (Å²) >= 11 is 9.72. The van der Waals surface area contributed by atoms with Crippen LogP contribution in [0.15, 0.2) is 41.0 Å². The zero-order chi connectivity index (χ0) is 14.5. The minimum atomic E-state index is 0.625. The molecule has 2 aromatic rings. The maximum absolute atomic E-state index is 6.34. The summed E-state index contributed by atoms with van der Waals surface area (Å²) in [5.74, 6) is 0.762. The van der Waals surface area contributed by atoms with Gasteiger partial charge in [-0.3, -0.25) is 0 Å². The van der Waals surface area contributed by atoms with Crippen LogP contribution in [0, 0.1) is 6.92 Å². The summed E-state index contributed by atoms with van der Waals surface area (Å²) < 4.78 is 0.870. The first-order chi connectivity index (χ1) is 9.63. The van der Waals surface area contributed by atoms with Crippen LogP contribution in [0.1, 0.15) is 12.0 Å². The molecular weight excluding hydrogens is 338 g/mol. The molecule has 0 atom stereocenters. The van der Waals surface area contributed by atoms with E-state index in [2.05, 4.69) is 44.9 Å². The lowest BCUT2D eigenvalue weighted by Gasteiger charge is -2.26.